The third kappa shape index (κ3) is 10.7. The molecular weight excluding hydrogens is 586 g/mol. The van der Waals surface area contributed by atoms with Crippen LogP contribution in [0.15, 0.2) is 55.0 Å². The number of nitrogens with zero attached hydrogens (tertiary/aromatic N) is 4. The zero-order valence-electron chi connectivity index (χ0n) is 26.9. The van der Waals surface area contributed by atoms with E-state index in [-0.39, 0.29) is 6.54 Å². The van der Waals surface area contributed by atoms with Crippen molar-refractivity contribution in [2.75, 3.05) is 25.0 Å². The zero-order valence-corrected chi connectivity index (χ0v) is 27.9. The third-order valence-corrected chi connectivity index (χ3v) is 7.02. The second-order valence-corrected chi connectivity index (χ2v) is 17.4. The van der Waals surface area contributed by atoms with Gasteiger partial charge in [-0.25, -0.2) is 14.8 Å². The SMILES string of the molecule is Cn1cc(-c2cc(Nc3ncc4cc(C#C[Si](C)(C)C)ccc4n3)cc(OCCNCC(C=O)NC(=O)OC(C)(C)C)c2)cn1. The van der Waals surface area contributed by atoms with Crippen molar-refractivity contribution in [1.82, 2.24) is 30.4 Å². The number of aromatic nitrogens is 4. The number of nitrogens with one attached hydrogen (secondary N) is 3. The van der Waals surface area contributed by atoms with Crippen molar-refractivity contribution >= 4 is 43.0 Å². The molecule has 0 bridgehead atoms. The summed E-state index contributed by atoms with van der Waals surface area (Å²) >= 11 is 0. The Balaban J connectivity index is 1.43. The number of amides is 1. The molecule has 0 saturated carbocycles. The summed E-state index contributed by atoms with van der Waals surface area (Å²) in [6, 6.07) is 11.0. The molecule has 0 spiro atoms. The lowest BCUT2D eigenvalue weighted by atomic mass is 10.1. The van der Waals surface area contributed by atoms with Crippen molar-refractivity contribution < 1.29 is 19.1 Å². The van der Waals surface area contributed by atoms with E-state index in [0.29, 0.717) is 31.1 Å². The topological polar surface area (TPSA) is 132 Å². The minimum absolute atomic E-state index is 0.236. The predicted octanol–water partition coefficient (Wildman–Crippen LogP) is 5.06. The Bertz CT molecular complexity index is 1710. The summed E-state index contributed by atoms with van der Waals surface area (Å²) < 4.78 is 13.0. The van der Waals surface area contributed by atoms with E-state index >= 15 is 0 Å². The molecule has 0 radical (unpaired) electrons. The summed E-state index contributed by atoms with van der Waals surface area (Å²) in [5.74, 6) is 4.37. The van der Waals surface area contributed by atoms with Crippen LogP contribution in [0.5, 0.6) is 5.75 Å². The molecule has 11 nitrogen and oxygen atoms in total. The first kappa shape index (κ1) is 33.2. The monoisotopic (exact) mass is 627 g/mol. The number of carbonyl (C=O) groups excluding carboxylic acids is 2. The van der Waals surface area contributed by atoms with E-state index in [0.717, 1.165) is 33.3 Å². The van der Waals surface area contributed by atoms with Crippen LogP contribution >= 0.6 is 0 Å². The number of carbonyl (C=O) groups is 2. The number of aldehydes is 1. The molecular formula is C33H41N7O4Si. The van der Waals surface area contributed by atoms with Gasteiger partial charge >= 0.3 is 6.09 Å². The number of ether oxygens (including phenoxy) is 2. The first-order valence-electron chi connectivity index (χ1n) is 14.8. The van der Waals surface area contributed by atoms with Gasteiger partial charge in [0.15, 0.2) is 0 Å². The average molecular weight is 628 g/mol. The van der Waals surface area contributed by atoms with Gasteiger partial charge < -0.3 is 30.2 Å². The second-order valence-electron chi connectivity index (χ2n) is 12.7. The van der Waals surface area contributed by atoms with Crippen molar-refractivity contribution in [3.8, 4) is 28.3 Å². The van der Waals surface area contributed by atoms with Crippen LogP contribution in [0.25, 0.3) is 22.0 Å². The second kappa shape index (κ2) is 14.4. The molecule has 4 aromatic rings. The maximum Gasteiger partial charge on any atom is 0.408 e. The van der Waals surface area contributed by atoms with Gasteiger partial charge in [0.1, 0.15) is 38.4 Å². The van der Waals surface area contributed by atoms with E-state index in [9.17, 15) is 9.59 Å². The molecule has 1 unspecified atom stereocenters. The van der Waals surface area contributed by atoms with Gasteiger partial charge in [-0.2, -0.15) is 5.10 Å². The Morgan fingerprint density at radius 3 is 2.60 bits per heavy atom. The number of fused-ring (bicyclic) bond motifs is 1. The fraction of sp³-hybridized carbons (Fsp3) is 0.364. The highest BCUT2D eigenvalue weighted by Gasteiger charge is 2.19. The molecule has 45 heavy (non-hydrogen) atoms. The summed E-state index contributed by atoms with van der Waals surface area (Å²) in [6.45, 7) is 12.9. The van der Waals surface area contributed by atoms with Gasteiger partial charge in [-0.05, 0) is 56.7 Å². The lowest BCUT2D eigenvalue weighted by Crippen LogP contribution is -2.45. The Labute approximate surface area is 265 Å². The molecule has 0 aliphatic carbocycles. The van der Waals surface area contributed by atoms with Crippen LogP contribution in [0, 0.1) is 11.5 Å². The molecule has 1 amide bonds. The van der Waals surface area contributed by atoms with Crippen LogP contribution in [0.4, 0.5) is 16.4 Å². The number of alkyl carbamates (subject to hydrolysis) is 1. The van der Waals surface area contributed by atoms with E-state index in [2.05, 4.69) is 57.1 Å². The Morgan fingerprint density at radius 2 is 1.91 bits per heavy atom. The van der Waals surface area contributed by atoms with Crippen LogP contribution in [0.1, 0.15) is 26.3 Å². The van der Waals surface area contributed by atoms with Crippen molar-refractivity contribution in [3.05, 3.63) is 60.6 Å². The lowest BCUT2D eigenvalue weighted by molar-refractivity contribution is -0.109. The van der Waals surface area contributed by atoms with E-state index in [4.69, 9.17) is 14.5 Å². The average Bonchev–Trinajstić information content (AvgIpc) is 3.40. The summed E-state index contributed by atoms with van der Waals surface area (Å²) in [7, 11) is 0.389. The van der Waals surface area contributed by atoms with Gasteiger partial charge in [0.25, 0.3) is 0 Å². The highest BCUT2D eigenvalue weighted by Crippen LogP contribution is 2.30. The fourth-order valence-corrected chi connectivity index (χ4v) is 4.66. The summed E-state index contributed by atoms with van der Waals surface area (Å²) in [4.78, 5) is 32.7. The van der Waals surface area contributed by atoms with Gasteiger partial charge in [-0.15, -0.1) is 5.54 Å². The predicted molar refractivity (Wildman–Crippen MR) is 179 cm³/mol. The largest absolute Gasteiger partial charge is 0.492 e. The standard InChI is InChI=1S/C33H41N7O4Si/c1-33(2,3)44-32(42)38-28(22-41)20-34-11-12-43-29-16-24(26-19-36-40(4)21-26)15-27(17-29)37-31-35-18-25-14-23(8-9-30(25)39-31)10-13-45(5,6)7/h8-9,14-19,21-22,28,34H,11-12,20H2,1-7H3,(H,38,42)(H,35,37,39). The number of hydrogen-bond donors (Lipinski definition) is 3. The van der Waals surface area contributed by atoms with Gasteiger partial charge in [0, 0.05) is 60.8 Å². The molecule has 0 fully saturated rings. The molecule has 4 rings (SSSR count). The van der Waals surface area contributed by atoms with Gasteiger partial charge in [0.2, 0.25) is 5.95 Å². The molecule has 0 aliphatic heterocycles. The number of aryl methyl sites for hydroxylation is 1. The Hall–Kier alpha value is -4.73. The van der Waals surface area contributed by atoms with Gasteiger partial charge in [-0.3, -0.25) is 4.68 Å². The minimum Gasteiger partial charge on any atom is -0.492 e. The number of rotatable bonds is 11. The van der Waals surface area contributed by atoms with Crippen LogP contribution in [0.3, 0.4) is 0 Å². The molecule has 3 N–H and O–H groups in total. The molecule has 2 heterocycles. The quantitative estimate of drug-likeness (QED) is 0.0903. The van der Waals surface area contributed by atoms with E-state index in [1.54, 1.807) is 37.8 Å². The van der Waals surface area contributed by atoms with Crippen molar-refractivity contribution in [3.63, 3.8) is 0 Å². The van der Waals surface area contributed by atoms with Crippen molar-refractivity contribution in [2.45, 2.75) is 52.1 Å². The number of benzene rings is 2. The minimum atomic E-state index is -1.48. The zero-order chi connectivity index (χ0) is 32.6. The highest BCUT2D eigenvalue weighted by atomic mass is 28.3. The smallest absolute Gasteiger partial charge is 0.408 e. The normalized spacial score (nSPS) is 12.2. The first-order valence-corrected chi connectivity index (χ1v) is 18.3. The molecule has 0 saturated heterocycles. The molecule has 2 aromatic carbocycles. The highest BCUT2D eigenvalue weighted by molar-refractivity contribution is 6.83. The van der Waals surface area contributed by atoms with E-state index < -0.39 is 25.8 Å². The Kier molecular flexibility index (Phi) is 10.6. The van der Waals surface area contributed by atoms with E-state index in [1.165, 1.54) is 0 Å². The summed E-state index contributed by atoms with van der Waals surface area (Å²) in [5.41, 5.74) is 7.10. The molecule has 236 valence electrons. The number of hydrogen-bond acceptors (Lipinski definition) is 9. The number of anilines is 2. The summed E-state index contributed by atoms with van der Waals surface area (Å²) in [5, 5.41) is 14.2. The van der Waals surface area contributed by atoms with Crippen molar-refractivity contribution in [2.24, 2.45) is 7.05 Å². The van der Waals surface area contributed by atoms with Crippen LogP contribution in [0.2, 0.25) is 19.6 Å². The van der Waals surface area contributed by atoms with E-state index in [1.807, 2.05) is 49.6 Å². The maximum atomic E-state index is 12.0. The van der Waals surface area contributed by atoms with Crippen LogP contribution in [-0.2, 0) is 16.6 Å². The molecule has 1 atom stereocenters. The lowest BCUT2D eigenvalue weighted by Gasteiger charge is -2.21. The first-order chi connectivity index (χ1) is 21.3. The molecule has 12 heteroatoms. The van der Waals surface area contributed by atoms with Crippen LogP contribution < -0.4 is 20.7 Å². The van der Waals surface area contributed by atoms with Crippen molar-refractivity contribution in [1.29, 1.82) is 0 Å². The third-order valence-electron chi connectivity index (χ3n) is 6.14. The van der Waals surface area contributed by atoms with Crippen LogP contribution in [-0.4, -0.2) is 71.5 Å². The van der Waals surface area contributed by atoms with Gasteiger partial charge in [0.05, 0.1) is 11.7 Å². The van der Waals surface area contributed by atoms with Gasteiger partial charge in [-0.1, -0.05) is 25.6 Å². The fourth-order valence-electron chi connectivity index (χ4n) is 4.14. The molecule has 0 aliphatic rings. The molecule has 2 aromatic heterocycles. The maximum absolute atomic E-state index is 12.0. The Morgan fingerprint density at radius 1 is 1.11 bits per heavy atom. The summed E-state index contributed by atoms with van der Waals surface area (Å²) in [6.07, 6.45) is 5.54.